The maximum absolute atomic E-state index is 12.3. The van der Waals surface area contributed by atoms with Gasteiger partial charge in [0.2, 0.25) is 0 Å². The number of aliphatic hydroxyl groups is 1. The molecule has 1 N–H and O–H groups in total. The third-order valence-electron chi connectivity index (χ3n) is 13.6. The second-order valence-corrected chi connectivity index (χ2v) is 21.1. The molecule has 0 aliphatic carbocycles. The van der Waals surface area contributed by atoms with E-state index in [9.17, 15) is 14.7 Å². The zero-order chi connectivity index (χ0) is 56.2. The maximum Gasteiger partial charge on any atom is 0.306 e. The van der Waals surface area contributed by atoms with Gasteiger partial charge >= 0.3 is 11.9 Å². The van der Waals surface area contributed by atoms with Crippen LogP contribution in [0.2, 0.25) is 0 Å². The van der Waals surface area contributed by atoms with Crippen LogP contribution in [0.4, 0.5) is 0 Å². The van der Waals surface area contributed by atoms with Gasteiger partial charge in [0.1, 0.15) is 6.61 Å². The zero-order valence-electron chi connectivity index (χ0n) is 50.6. The number of carbonyl (C=O) groups excluding carboxylic acids is 2. The van der Waals surface area contributed by atoms with Crippen LogP contribution in [-0.4, -0.2) is 36.4 Å². The highest BCUT2D eigenvalue weighted by atomic mass is 16.6. The van der Waals surface area contributed by atoms with Gasteiger partial charge in [-0.3, -0.25) is 9.59 Å². The fourth-order valence-electron chi connectivity index (χ4n) is 8.79. The third kappa shape index (κ3) is 64.3. The van der Waals surface area contributed by atoms with Crippen LogP contribution in [0.25, 0.3) is 0 Å². The lowest BCUT2D eigenvalue weighted by molar-refractivity contribution is -0.161. The standard InChI is InChI=1S/C73H120O5/c1-3-5-7-9-11-13-15-17-19-21-23-25-27-29-31-33-35-36-38-39-41-43-45-47-49-51-53-55-57-59-61-63-65-67-72(75)77-70-71(69-74)78-73(76)68-66-64-62-60-58-56-54-52-50-48-46-44-42-40-37-34-32-30-28-26-24-22-20-18-16-14-12-10-8-6-4-2/h6,8,12,14-15,17-18,20-21,23-24,26-27,29-30,32,37,40,44,46,50,52,56,58,71,74H,3-5,7,9-11,13,16,19,22,25,28,31,33-36,38-39,41-43,45,47-49,51,53-55,57,59-70H2,1-2H3/b8-6-,14-12-,17-15-,20-18-,23-21-,26-24-,29-27-,32-30-,40-37-,46-44-,52-50-,58-56-. The number of carbonyl (C=O) groups is 2. The van der Waals surface area contributed by atoms with E-state index >= 15 is 0 Å². The molecule has 0 aromatic carbocycles. The van der Waals surface area contributed by atoms with Crippen molar-refractivity contribution in [3.63, 3.8) is 0 Å². The van der Waals surface area contributed by atoms with Crippen LogP contribution >= 0.6 is 0 Å². The molecule has 1 unspecified atom stereocenters. The van der Waals surface area contributed by atoms with Gasteiger partial charge in [-0.2, -0.15) is 0 Å². The Morgan fingerprint density at radius 1 is 0.308 bits per heavy atom. The molecule has 0 radical (unpaired) electrons. The average molecular weight is 1080 g/mol. The highest BCUT2D eigenvalue weighted by Gasteiger charge is 2.16. The lowest BCUT2D eigenvalue weighted by Gasteiger charge is -2.15. The number of hydrogen-bond acceptors (Lipinski definition) is 5. The number of ether oxygens (including phenoxy) is 2. The molecule has 0 saturated carbocycles. The summed E-state index contributed by atoms with van der Waals surface area (Å²) in [5, 5.41) is 9.68. The lowest BCUT2D eigenvalue weighted by Crippen LogP contribution is -2.28. The highest BCUT2D eigenvalue weighted by Crippen LogP contribution is 2.16. The van der Waals surface area contributed by atoms with Crippen molar-refractivity contribution in [3.05, 3.63) is 146 Å². The Balaban J connectivity index is 3.57. The quantitative estimate of drug-likeness (QED) is 0.0373. The van der Waals surface area contributed by atoms with E-state index in [1.54, 1.807) is 0 Å². The summed E-state index contributed by atoms with van der Waals surface area (Å²) in [6.45, 7) is 4.00. The molecule has 0 aliphatic heterocycles. The number of esters is 2. The molecule has 0 amide bonds. The summed E-state index contributed by atoms with van der Waals surface area (Å²) in [7, 11) is 0. The van der Waals surface area contributed by atoms with E-state index in [1.807, 2.05) is 0 Å². The Bertz CT molecular complexity index is 1650. The molecular formula is C73H120O5. The number of aliphatic hydroxyl groups excluding tert-OH is 1. The normalized spacial score (nSPS) is 13.2. The van der Waals surface area contributed by atoms with Gasteiger partial charge < -0.3 is 14.6 Å². The van der Waals surface area contributed by atoms with E-state index < -0.39 is 6.10 Å². The van der Waals surface area contributed by atoms with Crippen LogP contribution in [0.15, 0.2) is 146 Å². The minimum absolute atomic E-state index is 0.0868. The first-order valence-corrected chi connectivity index (χ1v) is 32.4. The highest BCUT2D eigenvalue weighted by molar-refractivity contribution is 5.70. The maximum atomic E-state index is 12.3. The van der Waals surface area contributed by atoms with E-state index in [4.69, 9.17) is 9.47 Å². The van der Waals surface area contributed by atoms with E-state index in [-0.39, 0.29) is 25.2 Å². The Morgan fingerprint density at radius 2 is 0.551 bits per heavy atom. The fourth-order valence-corrected chi connectivity index (χ4v) is 8.79. The molecule has 1 atom stereocenters. The largest absolute Gasteiger partial charge is 0.462 e. The molecule has 0 aromatic rings. The topological polar surface area (TPSA) is 72.8 Å². The summed E-state index contributed by atoms with van der Waals surface area (Å²) in [6, 6.07) is 0. The summed E-state index contributed by atoms with van der Waals surface area (Å²) in [6.07, 6.45) is 101. The van der Waals surface area contributed by atoms with Gasteiger partial charge in [-0.1, -0.05) is 295 Å². The first-order valence-electron chi connectivity index (χ1n) is 32.4. The van der Waals surface area contributed by atoms with Crippen molar-refractivity contribution < 1.29 is 24.2 Å². The molecule has 78 heavy (non-hydrogen) atoms. The number of unbranched alkanes of at least 4 members (excludes halogenated alkanes) is 26. The lowest BCUT2D eigenvalue weighted by atomic mass is 10.0. The molecule has 0 rings (SSSR count). The van der Waals surface area contributed by atoms with Crippen molar-refractivity contribution in [3.8, 4) is 0 Å². The monoisotopic (exact) mass is 1080 g/mol. The SMILES string of the molecule is CC/C=C\C/C=C\C/C=C\C/C=C\C/C=C\C/C=C\C/C=C\C/C=C\C/C=C\CCCCCC(=O)OC(CO)COC(=O)CCCCCCCCCCCCCCCCCCCC/C=C\C/C=C\C/C=C\CCCCCCC. The summed E-state index contributed by atoms with van der Waals surface area (Å²) in [5.41, 5.74) is 0. The summed E-state index contributed by atoms with van der Waals surface area (Å²) in [4.78, 5) is 24.6. The van der Waals surface area contributed by atoms with E-state index in [0.717, 1.165) is 116 Å². The Hall–Kier alpha value is -4.22. The van der Waals surface area contributed by atoms with Crippen molar-refractivity contribution in [2.45, 2.75) is 290 Å². The van der Waals surface area contributed by atoms with Gasteiger partial charge in [-0.05, 0) is 122 Å². The summed E-state index contributed by atoms with van der Waals surface area (Å²) < 4.78 is 10.7. The van der Waals surface area contributed by atoms with E-state index in [1.165, 1.54) is 141 Å². The predicted molar refractivity (Wildman–Crippen MR) is 343 cm³/mol. The van der Waals surface area contributed by atoms with Crippen LogP contribution in [0.3, 0.4) is 0 Å². The van der Waals surface area contributed by atoms with Crippen molar-refractivity contribution in [2.75, 3.05) is 13.2 Å². The third-order valence-corrected chi connectivity index (χ3v) is 13.6. The molecule has 0 spiro atoms. The van der Waals surface area contributed by atoms with Crippen LogP contribution < -0.4 is 0 Å². The van der Waals surface area contributed by atoms with Crippen LogP contribution in [0.1, 0.15) is 284 Å². The van der Waals surface area contributed by atoms with Crippen molar-refractivity contribution in [2.24, 2.45) is 0 Å². The average Bonchev–Trinajstić information content (AvgIpc) is 3.44. The Morgan fingerprint density at radius 3 is 0.846 bits per heavy atom. The molecule has 5 nitrogen and oxygen atoms in total. The van der Waals surface area contributed by atoms with Gasteiger partial charge in [0.05, 0.1) is 6.61 Å². The van der Waals surface area contributed by atoms with Gasteiger partial charge in [0.25, 0.3) is 0 Å². The molecule has 0 heterocycles. The number of hydrogen-bond donors (Lipinski definition) is 1. The summed E-state index contributed by atoms with van der Waals surface area (Å²) >= 11 is 0. The molecule has 0 aliphatic rings. The van der Waals surface area contributed by atoms with Crippen LogP contribution in [0.5, 0.6) is 0 Å². The Labute approximate surface area is 482 Å². The molecule has 5 heteroatoms. The van der Waals surface area contributed by atoms with E-state index in [0.29, 0.717) is 12.8 Å². The molecule has 0 fully saturated rings. The second kappa shape index (κ2) is 67.1. The minimum Gasteiger partial charge on any atom is -0.462 e. The van der Waals surface area contributed by atoms with Gasteiger partial charge in [-0.15, -0.1) is 0 Å². The van der Waals surface area contributed by atoms with Gasteiger partial charge in [0.15, 0.2) is 6.10 Å². The first-order chi connectivity index (χ1) is 38.6. The predicted octanol–water partition coefficient (Wildman–Crippen LogP) is 22.5. The smallest absolute Gasteiger partial charge is 0.306 e. The van der Waals surface area contributed by atoms with Crippen molar-refractivity contribution in [1.82, 2.24) is 0 Å². The molecular weight excluding hydrogens is 957 g/mol. The van der Waals surface area contributed by atoms with Crippen LogP contribution in [-0.2, 0) is 19.1 Å². The number of allylic oxidation sites excluding steroid dienone is 24. The summed E-state index contributed by atoms with van der Waals surface area (Å²) in [5.74, 6) is -0.631. The van der Waals surface area contributed by atoms with Gasteiger partial charge in [0, 0.05) is 12.8 Å². The molecule has 0 saturated heterocycles. The first kappa shape index (κ1) is 73.8. The Kier molecular flexibility index (Phi) is 63.4. The van der Waals surface area contributed by atoms with Crippen molar-refractivity contribution >= 4 is 11.9 Å². The second-order valence-electron chi connectivity index (χ2n) is 21.1. The minimum atomic E-state index is -0.801. The molecule has 0 aromatic heterocycles. The molecule has 0 bridgehead atoms. The number of rotatable bonds is 58. The zero-order valence-corrected chi connectivity index (χ0v) is 50.6. The van der Waals surface area contributed by atoms with Crippen LogP contribution in [0, 0.1) is 0 Å². The van der Waals surface area contributed by atoms with Gasteiger partial charge in [-0.25, -0.2) is 0 Å². The molecule has 442 valence electrons. The van der Waals surface area contributed by atoms with E-state index in [2.05, 4.69) is 160 Å². The fraction of sp³-hybridized carbons (Fsp3) is 0.644. The van der Waals surface area contributed by atoms with Crippen molar-refractivity contribution in [1.29, 1.82) is 0 Å².